The maximum absolute atomic E-state index is 8.35. The first-order valence-electron chi connectivity index (χ1n) is 5.23. The highest BCUT2D eigenvalue weighted by atomic mass is 15.0. The smallest absolute Gasteiger partial charge is 0.248 e. The molecule has 1 N–H and O–H groups in total. The molecule has 1 heterocycles. The maximum atomic E-state index is 8.35. The molecule has 0 radical (unpaired) electrons. The fraction of sp³-hybridized carbons (Fsp3) is 0.636. The average Bonchev–Trinajstić information content (AvgIpc) is 2.58. The number of nitriles is 1. The number of hydrogen-bond acceptors (Lipinski definition) is 1. The zero-order chi connectivity index (χ0) is 10.2. The third-order valence-electron chi connectivity index (χ3n) is 2.43. The number of nitrogens with one attached hydrogen (secondary N) is 1. The molecule has 3 heteroatoms. The highest BCUT2D eigenvalue weighted by Crippen LogP contribution is 2.04. The van der Waals surface area contributed by atoms with Crippen molar-refractivity contribution in [2.24, 2.45) is 7.05 Å². The van der Waals surface area contributed by atoms with Gasteiger partial charge in [0, 0.05) is 12.8 Å². The van der Waals surface area contributed by atoms with E-state index in [2.05, 4.69) is 22.7 Å². The van der Waals surface area contributed by atoms with Gasteiger partial charge in [-0.15, -0.1) is 0 Å². The van der Waals surface area contributed by atoms with Crippen LogP contribution in [0.3, 0.4) is 0 Å². The maximum Gasteiger partial charge on any atom is 0.253 e. The molecule has 0 saturated heterocycles. The summed E-state index contributed by atoms with van der Waals surface area (Å²) in [5, 5.41) is 8.35. The Morgan fingerprint density at radius 2 is 2.14 bits per heavy atom. The molecule has 0 bridgehead atoms. The molecule has 0 saturated carbocycles. The summed E-state index contributed by atoms with van der Waals surface area (Å²) < 4.78 is 2.12. The molecule has 1 rings (SSSR count). The van der Waals surface area contributed by atoms with E-state index in [1.807, 2.05) is 12.4 Å². The predicted octanol–water partition coefficient (Wildman–Crippen LogP) is 1.86. The molecule has 1 aromatic rings. The number of unbranched alkanes of at least 4 members (excludes halogenated alkanes) is 4. The second-order valence-corrected chi connectivity index (χ2v) is 3.59. The van der Waals surface area contributed by atoms with Crippen LogP contribution in [0.15, 0.2) is 12.4 Å². The molecule has 76 valence electrons. The minimum absolute atomic E-state index is 0.705. The number of hydrogen-bond donors (Lipinski definition) is 1. The van der Waals surface area contributed by atoms with E-state index in [0.717, 1.165) is 12.8 Å². The van der Waals surface area contributed by atoms with E-state index >= 15 is 0 Å². The average molecular weight is 192 g/mol. The van der Waals surface area contributed by atoms with Crippen LogP contribution in [0.4, 0.5) is 0 Å². The van der Waals surface area contributed by atoms with Gasteiger partial charge < -0.3 is 0 Å². The van der Waals surface area contributed by atoms with Gasteiger partial charge in [0.1, 0.15) is 12.4 Å². The lowest BCUT2D eigenvalue weighted by Gasteiger charge is -1.96. The van der Waals surface area contributed by atoms with Crippen molar-refractivity contribution in [3.63, 3.8) is 0 Å². The molecule has 1 aromatic heterocycles. The summed E-state index contributed by atoms with van der Waals surface area (Å²) in [5.74, 6) is 1.28. The van der Waals surface area contributed by atoms with E-state index < -0.39 is 0 Å². The number of aromatic amines is 1. The lowest BCUT2D eigenvalue weighted by molar-refractivity contribution is -0.677. The summed E-state index contributed by atoms with van der Waals surface area (Å²) in [6, 6.07) is 2.17. The normalized spacial score (nSPS) is 10.0. The summed E-state index contributed by atoms with van der Waals surface area (Å²) in [5.41, 5.74) is 0. The van der Waals surface area contributed by atoms with Gasteiger partial charge >= 0.3 is 0 Å². The van der Waals surface area contributed by atoms with Crippen molar-refractivity contribution in [1.29, 1.82) is 5.26 Å². The molecule has 0 aliphatic heterocycles. The molecule has 0 amide bonds. The Labute approximate surface area is 85.4 Å². The van der Waals surface area contributed by atoms with Crippen molar-refractivity contribution in [3.05, 3.63) is 18.2 Å². The van der Waals surface area contributed by atoms with Crippen LogP contribution in [-0.2, 0) is 13.5 Å². The Balaban J connectivity index is 2.05. The number of H-pyrrole nitrogens is 1. The number of nitrogens with zero attached hydrogens (tertiary/aromatic N) is 2. The number of aromatic nitrogens is 2. The van der Waals surface area contributed by atoms with Gasteiger partial charge in [0.2, 0.25) is 0 Å². The third-order valence-corrected chi connectivity index (χ3v) is 2.43. The molecule has 0 atom stereocenters. The number of aryl methyl sites for hydroxylation is 2. The van der Waals surface area contributed by atoms with Gasteiger partial charge in [-0.3, -0.25) is 0 Å². The van der Waals surface area contributed by atoms with E-state index in [-0.39, 0.29) is 0 Å². The first-order chi connectivity index (χ1) is 6.84. The van der Waals surface area contributed by atoms with Crippen molar-refractivity contribution in [2.75, 3.05) is 0 Å². The lowest BCUT2D eigenvalue weighted by Crippen LogP contribution is -2.30. The van der Waals surface area contributed by atoms with Crippen molar-refractivity contribution in [3.8, 4) is 6.07 Å². The highest BCUT2D eigenvalue weighted by Gasteiger charge is 2.04. The highest BCUT2D eigenvalue weighted by molar-refractivity contribution is 4.77. The van der Waals surface area contributed by atoms with Crippen LogP contribution in [-0.4, -0.2) is 4.98 Å². The predicted molar refractivity (Wildman–Crippen MR) is 54.4 cm³/mol. The third kappa shape index (κ3) is 3.61. The summed E-state index contributed by atoms with van der Waals surface area (Å²) in [6.45, 7) is 0. The SMILES string of the molecule is C[n+]1cc[nH]c1CCCCCCC#N. The Kier molecular flexibility index (Phi) is 4.77. The monoisotopic (exact) mass is 192 g/mol. The molecule has 0 aromatic carbocycles. The molecule has 0 unspecified atom stereocenters. The summed E-state index contributed by atoms with van der Waals surface area (Å²) >= 11 is 0. The zero-order valence-electron chi connectivity index (χ0n) is 8.79. The van der Waals surface area contributed by atoms with Crippen molar-refractivity contribution >= 4 is 0 Å². The largest absolute Gasteiger partial charge is 0.253 e. The molecule has 0 spiro atoms. The van der Waals surface area contributed by atoms with Crippen LogP contribution in [0, 0.1) is 11.3 Å². The standard InChI is InChI=1S/C11H17N3/c1-14-10-9-13-11(14)7-5-3-2-4-6-8-12/h9-10H,2-7H2,1H3/p+1. The van der Waals surface area contributed by atoms with Gasteiger partial charge in [-0.2, -0.15) is 5.26 Å². The molecule has 0 aliphatic rings. The van der Waals surface area contributed by atoms with Gasteiger partial charge in [-0.1, -0.05) is 12.8 Å². The molecular weight excluding hydrogens is 174 g/mol. The Hall–Kier alpha value is -1.30. The molecule has 3 nitrogen and oxygen atoms in total. The zero-order valence-corrected chi connectivity index (χ0v) is 8.79. The number of rotatable bonds is 6. The summed E-state index contributed by atoms with van der Waals surface area (Å²) in [6.07, 6.45) is 10.5. The van der Waals surface area contributed by atoms with Gasteiger partial charge in [-0.25, -0.2) is 9.55 Å². The van der Waals surface area contributed by atoms with E-state index in [9.17, 15) is 0 Å². The Bertz CT molecular complexity index is 296. The van der Waals surface area contributed by atoms with Crippen LogP contribution in [0.1, 0.15) is 37.9 Å². The van der Waals surface area contributed by atoms with Crippen molar-refractivity contribution < 1.29 is 4.57 Å². The van der Waals surface area contributed by atoms with Crippen LogP contribution in [0.5, 0.6) is 0 Å². The second-order valence-electron chi connectivity index (χ2n) is 3.59. The topological polar surface area (TPSA) is 43.5 Å². The first kappa shape index (κ1) is 10.8. The lowest BCUT2D eigenvalue weighted by atomic mass is 10.1. The summed E-state index contributed by atoms with van der Waals surface area (Å²) in [4.78, 5) is 3.22. The van der Waals surface area contributed by atoms with Gasteiger partial charge in [-0.05, 0) is 12.8 Å². The fourth-order valence-electron chi connectivity index (χ4n) is 1.54. The van der Waals surface area contributed by atoms with Crippen LogP contribution >= 0.6 is 0 Å². The quantitative estimate of drug-likeness (QED) is 0.542. The minimum Gasteiger partial charge on any atom is -0.248 e. The fourth-order valence-corrected chi connectivity index (χ4v) is 1.54. The van der Waals surface area contributed by atoms with Crippen LogP contribution in [0.25, 0.3) is 0 Å². The Morgan fingerprint density at radius 1 is 1.36 bits per heavy atom. The van der Waals surface area contributed by atoms with Gasteiger partial charge in [0.25, 0.3) is 5.82 Å². The number of imidazole rings is 1. The molecular formula is C11H18N3+. The Morgan fingerprint density at radius 3 is 2.79 bits per heavy atom. The van der Waals surface area contributed by atoms with E-state index in [4.69, 9.17) is 5.26 Å². The van der Waals surface area contributed by atoms with E-state index in [1.54, 1.807) is 0 Å². The molecule has 0 fully saturated rings. The van der Waals surface area contributed by atoms with Crippen LogP contribution < -0.4 is 4.57 Å². The molecule has 0 aliphatic carbocycles. The van der Waals surface area contributed by atoms with Gasteiger partial charge in [0.15, 0.2) is 0 Å². The van der Waals surface area contributed by atoms with Crippen molar-refractivity contribution in [2.45, 2.75) is 38.5 Å². The van der Waals surface area contributed by atoms with Crippen molar-refractivity contribution in [1.82, 2.24) is 4.98 Å². The molecule has 14 heavy (non-hydrogen) atoms. The first-order valence-corrected chi connectivity index (χ1v) is 5.23. The van der Waals surface area contributed by atoms with Gasteiger partial charge in [0.05, 0.1) is 13.1 Å². The van der Waals surface area contributed by atoms with Crippen LogP contribution in [0.2, 0.25) is 0 Å². The second kappa shape index (κ2) is 6.20. The van der Waals surface area contributed by atoms with E-state index in [0.29, 0.717) is 6.42 Å². The summed E-state index contributed by atoms with van der Waals surface area (Å²) in [7, 11) is 2.06. The van der Waals surface area contributed by atoms with E-state index in [1.165, 1.54) is 25.1 Å². The minimum atomic E-state index is 0.705.